The minimum atomic E-state index is 0.0914. The molecule has 1 aromatic carbocycles. The minimum Gasteiger partial charge on any atom is -0.293 e. The van der Waals surface area contributed by atoms with Crippen molar-refractivity contribution < 1.29 is 4.79 Å². The van der Waals surface area contributed by atoms with E-state index in [2.05, 4.69) is 32.2 Å². The number of hydrogen-bond donors (Lipinski definition) is 0. The Morgan fingerprint density at radius 3 is 2.62 bits per heavy atom. The van der Waals surface area contributed by atoms with Gasteiger partial charge in [0.05, 0.1) is 5.69 Å². The van der Waals surface area contributed by atoms with E-state index in [4.69, 9.17) is 0 Å². The highest BCUT2D eigenvalue weighted by Crippen LogP contribution is 2.14. The quantitative estimate of drug-likeness (QED) is 0.635. The molecule has 5 heteroatoms. The number of aryl methyl sites for hydroxylation is 1. The summed E-state index contributed by atoms with van der Waals surface area (Å²) >= 11 is 3.41. The lowest BCUT2D eigenvalue weighted by Crippen LogP contribution is -2.03. The fraction of sp³-hybridized carbons (Fsp3) is 0.182. The zero-order chi connectivity index (χ0) is 11.5. The number of halogens is 1. The van der Waals surface area contributed by atoms with Crippen LogP contribution in [0.15, 0.2) is 24.3 Å². The van der Waals surface area contributed by atoms with Gasteiger partial charge in [-0.25, -0.2) is 0 Å². The molecule has 0 aliphatic heterocycles. The third-order valence-electron chi connectivity index (χ3n) is 2.18. The van der Waals surface area contributed by atoms with E-state index in [1.807, 2.05) is 31.2 Å². The predicted octanol–water partition coefficient (Wildman–Crippen LogP) is 2.88. The first-order chi connectivity index (χ1) is 7.66. The second-order valence-electron chi connectivity index (χ2n) is 3.41. The summed E-state index contributed by atoms with van der Waals surface area (Å²) in [5.74, 6) is 0.0914. The SMILES string of the molecule is Cc1nnsc1C(=O)Cc1ccc(I)cc1. The van der Waals surface area contributed by atoms with Crippen molar-refractivity contribution in [2.45, 2.75) is 13.3 Å². The first-order valence-electron chi connectivity index (χ1n) is 4.73. The normalized spacial score (nSPS) is 10.4. The van der Waals surface area contributed by atoms with Crippen LogP contribution in [0, 0.1) is 10.5 Å². The largest absolute Gasteiger partial charge is 0.293 e. The standard InChI is InChI=1S/C11H9IN2OS/c1-7-11(16-14-13-7)10(15)6-8-2-4-9(12)5-3-8/h2-5H,6H2,1H3. The Morgan fingerprint density at radius 1 is 1.38 bits per heavy atom. The summed E-state index contributed by atoms with van der Waals surface area (Å²) in [5.41, 5.74) is 1.75. The molecule has 0 N–H and O–H groups in total. The molecule has 0 aliphatic rings. The lowest BCUT2D eigenvalue weighted by Gasteiger charge is -1.99. The number of ketones is 1. The van der Waals surface area contributed by atoms with Crippen LogP contribution in [0.2, 0.25) is 0 Å². The van der Waals surface area contributed by atoms with Gasteiger partial charge >= 0.3 is 0 Å². The molecular formula is C11H9IN2OS. The summed E-state index contributed by atoms with van der Waals surface area (Å²) in [5, 5.41) is 3.84. The van der Waals surface area contributed by atoms with Crippen LogP contribution in [0.1, 0.15) is 20.9 Å². The van der Waals surface area contributed by atoms with Gasteiger partial charge in [0.15, 0.2) is 5.78 Å². The second kappa shape index (κ2) is 5.01. The number of rotatable bonds is 3. The summed E-state index contributed by atoms with van der Waals surface area (Å²) in [6.45, 7) is 1.81. The van der Waals surface area contributed by atoms with E-state index >= 15 is 0 Å². The molecule has 1 aromatic heterocycles. The maximum Gasteiger partial charge on any atom is 0.180 e. The van der Waals surface area contributed by atoms with E-state index in [1.54, 1.807) is 0 Å². The molecule has 16 heavy (non-hydrogen) atoms. The molecule has 2 aromatic rings. The van der Waals surface area contributed by atoms with Crippen LogP contribution in [0.4, 0.5) is 0 Å². The molecule has 0 unspecified atom stereocenters. The van der Waals surface area contributed by atoms with Crippen molar-refractivity contribution in [3.8, 4) is 0 Å². The van der Waals surface area contributed by atoms with Crippen LogP contribution in [-0.2, 0) is 6.42 Å². The van der Waals surface area contributed by atoms with Gasteiger partial charge < -0.3 is 0 Å². The number of nitrogens with zero attached hydrogens (tertiary/aromatic N) is 2. The average Bonchev–Trinajstić information content (AvgIpc) is 2.68. The van der Waals surface area contributed by atoms with Crippen molar-refractivity contribution in [2.24, 2.45) is 0 Å². The molecule has 0 saturated heterocycles. The van der Waals surface area contributed by atoms with Crippen LogP contribution >= 0.6 is 34.1 Å². The molecule has 1 heterocycles. The van der Waals surface area contributed by atoms with Gasteiger partial charge in [-0.05, 0) is 58.7 Å². The van der Waals surface area contributed by atoms with Crippen LogP contribution in [0.25, 0.3) is 0 Å². The van der Waals surface area contributed by atoms with Crippen molar-refractivity contribution in [3.05, 3.63) is 44.0 Å². The first kappa shape index (κ1) is 11.7. The van der Waals surface area contributed by atoms with Crippen molar-refractivity contribution in [1.82, 2.24) is 9.59 Å². The lowest BCUT2D eigenvalue weighted by molar-refractivity contribution is 0.0996. The second-order valence-corrected chi connectivity index (χ2v) is 5.41. The Hall–Kier alpha value is -0.820. The van der Waals surface area contributed by atoms with E-state index in [0.717, 1.165) is 11.3 Å². The zero-order valence-corrected chi connectivity index (χ0v) is 11.6. The van der Waals surface area contributed by atoms with Crippen molar-refractivity contribution in [1.29, 1.82) is 0 Å². The monoisotopic (exact) mass is 344 g/mol. The molecule has 2 rings (SSSR count). The molecule has 0 bridgehead atoms. The van der Waals surface area contributed by atoms with E-state index in [0.29, 0.717) is 11.3 Å². The van der Waals surface area contributed by atoms with Crippen LogP contribution < -0.4 is 0 Å². The zero-order valence-electron chi connectivity index (χ0n) is 8.61. The van der Waals surface area contributed by atoms with Crippen LogP contribution in [0.5, 0.6) is 0 Å². The fourth-order valence-corrected chi connectivity index (χ4v) is 2.31. The van der Waals surface area contributed by atoms with Crippen molar-refractivity contribution >= 4 is 39.9 Å². The molecule has 0 aliphatic carbocycles. The summed E-state index contributed by atoms with van der Waals surface area (Å²) < 4.78 is 4.94. The predicted molar refractivity (Wildman–Crippen MR) is 71.8 cm³/mol. The Kier molecular flexibility index (Phi) is 3.65. The molecule has 82 valence electrons. The number of carbonyl (C=O) groups excluding carboxylic acids is 1. The third kappa shape index (κ3) is 2.65. The van der Waals surface area contributed by atoms with Crippen molar-refractivity contribution in [3.63, 3.8) is 0 Å². The third-order valence-corrected chi connectivity index (χ3v) is 3.77. The van der Waals surface area contributed by atoms with Gasteiger partial charge in [-0.2, -0.15) is 0 Å². The topological polar surface area (TPSA) is 42.9 Å². The molecule has 3 nitrogen and oxygen atoms in total. The van der Waals surface area contributed by atoms with Crippen LogP contribution in [-0.4, -0.2) is 15.4 Å². The van der Waals surface area contributed by atoms with Gasteiger partial charge in [-0.3, -0.25) is 4.79 Å². The van der Waals surface area contributed by atoms with E-state index in [9.17, 15) is 4.79 Å². The Labute approximate surface area is 111 Å². The molecule has 0 amide bonds. The van der Waals surface area contributed by atoms with E-state index in [-0.39, 0.29) is 5.78 Å². The fourth-order valence-electron chi connectivity index (χ4n) is 1.35. The van der Waals surface area contributed by atoms with Gasteiger partial charge in [-0.1, -0.05) is 16.6 Å². The summed E-state index contributed by atoms with van der Waals surface area (Å²) in [7, 11) is 0. The number of benzene rings is 1. The molecular weight excluding hydrogens is 335 g/mol. The molecule has 0 radical (unpaired) electrons. The van der Waals surface area contributed by atoms with Crippen LogP contribution in [0.3, 0.4) is 0 Å². The van der Waals surface area contributed by atoms with Gasteiger partial charge in [-0.15, -0.1) is 5.10 Å². The minimum absolute atomic E-state index is 0.0914. The molecule has 0 saturated carbocycles. The summed E-state index contributed by atoms with van der Waals surface area (Å²) in [4.78, 5) is 12.6. The maximum atomic E-state index is 11.9. The summed E-state index contributed by atoms with van der Waals surface area (Å²) in [6, 6.07) is 7.95. The highest BCUT2D eigenvalue weighted by molar-refractivity contribution is 14.1. The number of Topliss-reactive ketones (excluding diaryl/α,β-unsaturated/α-hetero) is 1. The number of carbonyl (C=O) groups is 1. The molecule has 0 fully saturated rings. The van der Waals surface area contributed by atoms with Gasteiger partial charge in [0, 0.05) is 9.99 Å². The number of aromatic nitrogens is 2. The Bertz CT molecular complexity index is 507. The highest BCUT2D eigenvalue weighted by atomic mass is 127. The highest BCUT2D eigenvalue weighted by Gasteiger charge is 2.13. The summed E-state index contributed by atoms with van der Waals surface area (Å²) in [6.07, 6.45) is 0.418. The van der Waals surface area contributed by atoms with E-state index in [1.165, 1.54) is 15.1 Å². The van der Waals surface area contributed by atoms with Gasteiger partial charge in [0.2, 0.25) is 0 Å². The molecule has 0 atom stereocenters. The number of hydrogen-bond acceptors (Lipinski definition) is 4. The Morgan fingerprint density at radius 2 is 2.06 bits per heavy atom. The maximum absolute atomic E-state index is 11.9. The Balaban J connectivity index is 2.14. The molecule has 0 spiro atoms. The smallest absolute Gasteiger partial charge is 0.180 e. The van der Waals surface area contributed by atoms with Crippen molar-refractivity contribution in [2.75, 3.05) is 0 Å². The lowest BCUT2D eigenvalue weighted by atomic mass is 10.1. The van der Waals surface area contributed by atoms with Gasteiger partial charge in [0.25, 0.3) is 0 Å². The van der Waals surface area contributed by atoms with E-state index < -0.39 is 0 Å². The first-order valence-corrected chi connectivity index (χ1v) is 6.58. The average molecular weight is 344 g/mol. The van der Waals surface area contributed by atoms with Gasteiger partial charge in [0.1, 0.15) is 4.88 Å².